The van der Waals surface area contributed by atoms with Crippen LogP contribution in [0.1, 0.15) is 38.7 Å². The second-order valence-electron chi connectivity index (χ2n) is 6.23. The normalized spacial score (nSPS) is 22.5. The number of methoxy groups -OCH3 is 1. The van der Waals surface area contributed by atoms with E-state index in [1.54, 1.807) is 13.0 Å². The van der Waals surface area contributed by atoms with E-state index in [9.17, 15) is 13.2 Å². The molecule has 0 amide bonds. The summed E-state index contributed by atoms with van der Waals surface area (Å²) >= 11 is 0. The van der Waals surface area contributed by atoms with Gasteiger partial charge in [0.05, 0.1) is 12.8 Å². The van der Waals surface area contributed by atoms with Crippen molar-refractivity contribution < 1.29 is 17.9 Å². The van der Waals surface area contributed by atoms with Crippen molar-refractivity contribution in [1.82, 2.24) is 0 Å². The summed E-state index contributed by atoms with van der Waals surface area (Å²) in [5, 5.41) is 0. The summed E-state index contributed by atoms with van der Waals surface area (Å²) in [5.41, 5.74) is 1.21. The number of hydrogen-bond acceptors (Lipinski definition) is 2. The van der Waals surface area contributed by atoms with Crippen LogP contribution < -0.4 is 9.64 Å². The molecule has 1 aliphatic rings. The number of nitrogens with zero attached hydrogens (tertiary/aromatic N) is 1. The van der Waals surface area contributed by atoms with Gasteiger partial charge in [0, 0.05) is 31.5 Å². The number of anilines is 1. The maximum absolute atomic E-state index is 13.8. The van der Waals surface area contributed by atoms with Crippen LogP contribution in [0, 0.1) is 18.7 Å². The zero-order chi connectivity index (χ0) is 16.5. The zero-order valence-electron chi connectivity index (χ0n) is 13.6. The molecule has 124 valence electrons. The summed E-state index contributed by atoms with van der Waals surface area (Å²) in [6, 6.07) is 2.77. The second kappa shape index (κ2) is 6.39. The van der Waals surface area contributed by atoms with Gasteiger partial charge in [-0.15, -0.1) is 0 Å². The fourth-order valence-corrected chi connectivity index (χ4v) is 3.08. The van der Waals surface area contributed by atoms with E-state index in [1.165, 1.54) is 13.2 Å². The maximum Gasteiger partial charge on any atom is 0.251 e. The molecule has 1 saturated heterocycles. The monoisotopic (exact) mass is 315 g/mol. The zero-order valence-corrected chi connectivity index (χ0v) is 13.6. The molecule has 1 aromatic carbocycles. The van der Waals surface area contributed by atoms with Crippen molar-refractivity contribution in [2.24, 2.45) is 5.92 Å². The quantitative estimate of drug-likeness (QED) is 0.792. The molecule has 1 heterocycles. The van der Waals surface area contributed by atoms with E-state index in [-0.39, 0.29) is 37.2 Å². The number of alkyl halides is 2. The van der Waals surface area contributed by atoms with E-state index in [4.69, 9.17) is 4.74 Å². The maximum atomic E-state index is 13.8. The first-order valence-corrected chi connectivity index (χ1v) is 7.77. The molecule has 1 aromatic rings. The van der Waals surface area contributed by atoms with E-state index in [0.717, 1.165) is 6.42 Å². The van der Waals surface area contributed by atoms with Gasteiger partial charge in [-0.25, -0.2) is 13.2 Å². The summed E-state index contributed by atoms with van der Waals surface area (Å²) in [4.78, 5) is 1.97. The van der Waals surface area contributed by atoms with Crippen LogP contribution in [0.4, 0.5) is 18.9 Å². The second-order valence-corrected chi connectivity index (χ2v) is 6.23. The Morgan fingerprint density at radius 2 is 2.09 bits per heavy atom. The lowest BCUT2D eigenvalue weighted by molar-refractivity contribution is -0.0396. The van der Waals surface area contributed by atoms with Crippen molar-refractivity contribution in [3.05, 3.63) is 23.5 Å². The van der Waals surface area contributed by atoms with E-state index < -0.39 is 5.92 Å². The fourth-order valence-electron chi connectivity index (χ4n) is 3.08. The predicted octanol–water partition coefficient (Wildman–Crippen LogP) is 4.79. The fraction of sp³-hybridized carbons (Fsp3) is 0.647. The Labute approximate surface area is 130 Å². The Bertz CT molecular complexity index is 533. The SMILES string of the molecule is CC[C@@H](C)C1CC(F)(F)CCN1c1cc(C)c(F)cc1OC. The molecule has 2 atom stereocenters. The molecule has 0 aromatic heterocycles. The Hall–Kier alpha value is -1.39. The van der Waals surface area contributed by atoms with Gasteiger partial charge in [0.25, 0.3) is 5.92 Å². The summed E-state index contributed by atoms with van der Waals surface area (Å²) in [6.07, 6.45) is 0.473. The highest BCUT2D eigenvalue weighted by atomic mass is 19.3. The summed E-state index contributed by atoms with van der Waals surface area (Å²) in [6.45, 7) is 5.92. The van der Waals surface area contributed by atoms with E-state index in [2.05, 4.69) is 0 Å². The number of ether oxygens (including phenoxy) is 1. The first-order chi connectivity index (χ1) is 10.3. The molecular weight excluding hydrogens is 291 g/mol. The third-order valence-electron chi connectivity index (χ3n) is 4.70. The third-order valence-corrected chi connectivity index (χ3v) is 4.70. The van der Waals surface area contributed by atoms with Crippen molar-refractivity contribution in [2.75, 3.05) is 18.6 Å². The van der Waals surface area contributed by atoms with Crippen molar-refractivity contribution in [3.63, 3.8) is 0 Å². The van der Waals surface area contributed by atoms with E-state index >= 15 is 0 Å². The Morgan fingerprint density at radius 1 is 1.41 bits per heavy atom. The topological polar surface area (TPSA) is 12.5 Å². The van der Waals surface area contributed by atoms with Crippen LogP contribution >= 0.6 is 0 Å². The minimum Gasteiger partial charge on any atom is -0.494 e. The molecule has 1 unspecified atom stereocenters. The number of halogens is 3. The van der Waals surface area contributed by atoms with Gasteiger partial charge in [-0.2, -0.15) is 0 Å². The molecule has 0 N–H and O–H groups in total. The number of aryl methyl sites for hydroxylation is 1. The summed E-state index contributed by atoms with van der Waals surface area (Å²) < 4.78 is 46.7. The largest absolute Gasteiger partial charge is 0.494 e. The molecular formula is C17H24F3NO. The number of benzene rings is 1. The summed E-state index contributed by atoms with van der Waals surface area (Å²) in [5.74, 6) is -2.45. The van der Waals surface area contributed by atoms with Crippen LogP contribution in [0.15, 0.2) is 12.1 Å². The molecule has 0 radical (unpaired) electrons. The summed E-state index contributed by atoms with van der Waals surface area (Å²) in [7, 11) is 1.48. The van der Waals surface area contributed by atoms with Crippen LogP contribution in [-0.4, -0.2) is 25.6 Å². The Balaban J connectivity index is 2.42. The predicted molar refractivity (Wildman–Crippen MR) is 82.5 cm³/mol. The highest BCUT2D eigenvalue weighted by Gasteiger charge is 2.42. The van der Waals surface area contributed by atoms with E-state index in [1.807, 2.05) is 18.7 Å². The molecule has 0 spiro atoms. The van der Waals surface area contributed by atoms with Gasteiger partial charge in [0.1, 0.15) is 11.6 Å². The van der Waals surface area contributed by atoms with Crippen LogP contribution in [0.5, 0.6) is 5.75 Å². The van der Waals surface area contributed by atoms with Gasteiger partial charge in [0.15, 0.2) is 0 Å². The first kappa shape index (κ1) is 17.0. The highest BCUT2D eigenvalue weighted by Crippen LogP contribution is 2.41. The standard InChI is InChI=1S/C17H24F3NO/c1-5-11(2)15-10-17(19,20)6-7-21(15)14-8-12(3)13(18)9-16(14)22-4/h8-9,11,15H,5-7,10H2,1-4H3/t11-,15?/m1/s1. The van der Waals surface area contributed by atoms with Gasteiger partial charge in [-0.1, -0.05) is 20.3 Å². The first-order valence-electron chi connectivity index (χ1n) is 7.77. The van der Waals surface area contributed by atoms with Gasteiger partial charge in [0.2, 0.25) is 0 Å². The lowest BCUT2D eigenvalue weighted by Crippen LogP contribution is -2.50. The smallest absolute Gasteiger partial charge is 0.251 e. The van der Waals surface area contributed by atoms with Crippen molar-refractivity contribution in [2.45, 2.75) is 52.0 Å². The van der Waals surface area contributed by atoms with Crippen LogP contribution in [0.25, 0.3) is 0 Å². The molecule has 2 nitrogen and oxygen atoms in total. The van der Waals surface area contributed by atoms with Crippen LogP contribution in [0.2, 0.25) is 0 Å². The molecule has 0 bridgehead atoms. The van der Waals surface area contributed by atoms with Gasteiger partial charge < -0.3 is 9.64 Å². The van der Waals surface area contributed by atoms with Gasteiger partial charge in [-0.05, 0) is 24.5 Å². The average molecular weight is 315 g/mol. The Morgan fingerprint density at radius 3 is 2.68 bits per heavy atom. The molecule has 1 fully saturated rings. The lowest BCUT2D eigenvalue weighted by atomic mass is 9.87. The lowest BCUT2D eigenvalue weighted by Gasteiger charge is -2.44. The van der Waals surface area contributed by atoms with Gasteiger partial charge in [-0.3, -0.25) is 0 Å². The molecule has 2 rings (SSSR count). The van der Waals surface area contributed by atoms with Crippen molar-refractivity contribution in [1.29, 1.82) is 0 Å². The number of hydrogen-bond donors (Lipinski definition) is 0. The highest BCUT2D eigenvalue weighted by molar-refractivity contribution is 5.61. The van der Waals surface area contributed by atoms with Crippen molar-refractivity contribution >= 4 is 5.69 Å². The van der Waals surface area contributed by atoms with Crippen molar-refractivity contribution in [3.8, 4) is 5.75 Å². The molecule has 22 heavy (non-hydrogen) atoms. The molecule has 0 aliphatic carbocycles. The molecule has 0 saturated carbocycles. The van der Waals surface area contributed by atoms with Crippen LogP contribution in [0.3, 0.4) is 0 Å². The number of piperidine rings is 1. The minimum atomic E-state index is -2.63. The third kappa shape index (κ3) is 3.33. The van der Waals surface area contributed by atoms with E-state index in [0.29, 0.717) is 17.0 Å². The van der Waals surface area contributed by atoms with Gasteiger partial charge >= 0.3 is 0 Å². The molecule has 1 aliphatic heterocycles. The molecule has 5 heteroatoms. The Kier molecular flexibility index (Phi) is 4.93. The number of rotatable bonds is 4. The minimum absolute atomic E-state index is 0.126. The van der Waals surface area contributed by atoms with Crippen LogP contribution in [-0.2, 0) is 0 Å². The average Bonchev–Trinajstić information content (AvgIpc) is 2.48.